The van der Waals surface area contributed by atoms with Gasteiger partial charge in [-0.15, -0.1) is 0 Å². The van der Waals surface area contributed by atoms with Gasteiger partial charge in [0.2, 0.25) is 5.89 Å². The molecule has 20 heavy (non-hydrogen) atoms. The largest absolute Gasteiger partial charge is 0.440 e. The lowest BCUT2D eigenvalue weighted by molar-refractivity contribution is 0.186. The molecule has 1 saturated heterocycles. The molecule has 0 aliphatic carbocycles. The second kappa shape index (κ2) is 5.54. The zero-order chi connectivity index (χ0) is 14.1. The molecule has 0 radical (unpaired) electrons. The molecule has 108 valence electrons. The number of nitrogens with zero attached hydrogens (tertiary/aromatic N) is 1. The summed E-state index contributed by atoms with van der Waals surface area (Å²) < 4.78 is 11.6. The van der Waals surface area contributed by atoms with Crippen LogP contribution in [0.1, 0.15) is 36.3 Å². The summed E-state index contributed by atoms with van der Waals surface area (Å²) in [5.74, 6) is 1.02. The van der Waals surface area contributed by atoms with Gasteiger partial charge in [0.1, 0.15) is 5.52 Å². The molecule has 2 aromatic rings. The molecule has 0 spiro atoms. The highest BCUT2D eigenvalue weighted by molar-refractivity contribution is 5.77. The van der Waals surface area contributed by atoms with Crippen molar-refractivity contribution in [2.75, 3.05) is 19.8 Å². The molecule has 0 bridgehead atoms. The van der Waals surface area contributed by atoms with Gasteiger partial charge < -0.3 is 14.5 Å². The lowest BCUT2D eigenvalue weighted by atomic mass is 10.0. The molecule has 2 heterocycles. The van der Waals surface area contributed by atoms with E-state index < -0.39 is 0 Å². The van der Waals surface area contributed by atoms with Crippen molar-refractivity contribution in [3.8, 4) is 0 Å². The monoisotopic (exact) mass is 274 g/mol. The molecule has 1 aromatic carbocycles. The summed E-state index contributed by atoms with van der Waals surface area (Å²) in [5, 5.41) is 3.53. The minimum absolute atomic E-state index is 0.216. The fourth-order valence-electron chi connectivity index (χ4n) is 2.88. The van der Waals surface area contributed by atoms with Crippen LogP contribution in [0, 0.1) is 13.8 Å². The minimum Gasteiger partial charge on any atom is -0.440 e. The van der Waals surface area contributed by atoms with Gasteiger partial charge in [0, 0.05) is 6.04 Å². The van der Waals surface area contributed by atoms with Crippen molar-refractivity contribution >= 4 is 11.1 Å². The Bertz CT molecular complexity index is 606. The number of aromatic nitrogens is 1. The molecule has 2 atom stereocenters. The highest BCUT2D eigenvalue weighted by Gasteiger charge is 2.33. The van der Waals surface area contributed by atoms with Crippen molar-refractivity contribution in [3.63, 3.8) is 0 Å². The molecule has 1 aromatic heterocycles. The molecule has 0 amide bonds. The fourth-order valence-corrected chi connectivity index (χ4v) is 2.88. The first-order valence-electron chi connectivity index (χ1n) is 7.38. The van der Waals surface area contributed by atoms with Gasteiger partial charge in [-0.2, -0.15) is 0 Å². The minimum atomic E-state index is 0.216. The predicted octanol–water partition coefficient (Wildman–Crippen LogP) is 2.93. The third kappa shape index (κ3) is 2.45. The standard InChI is InChI=1S/C16H22N2O2/c1-4-5-17-14-9-19-8-12(14)16-18-13-7-10(2)6-11(3)15(13)20-16/h6-7,12,14,17H,4-5,8-9H2,1-3H3. The SMILES string of the molecule is CCCNC1COCC1c1nc2cc(C)cc(C)c2o1. The molecule has 4 heteroatoms. The Balaban J connectivity index is 1.91. The molecular formula is C16H22N2O2. The number of fused-ring (bicyclic) bond motifs is 1. The van der Waals surface area contributed by atoms with Crippen LogP contribution in [0.4, 0.5) is 0 Å². The number of aryl methyl sites for hydroxylation is 2. The van der Waals surface area contributed by atoms with Crippen molar-refractivity contribution in [2.45, 2.75) is 39.2 Å². The van der Waals surface area contributed by atoms with Crippen LogP contribution in [0.15, 0.2) is 16.5 Å². The number of oxazole rings is 1. The average molecular weight is 274 g/mol. The predicted molar refractivity (Wildman–Crippen MR) is 79.1 cm³/mol. The second-order valence-corrected chi connectivity index (χ2v) is 5.69. The van der Waals surface area contributed by atoms with Gasteiger partial charge in [-0.25, -0.2) is 4.98 Å². The van der Waals surface area contributed by atoms with Gasteiger partial charge in [0.15, 0.2) is 5.58 Å². The van der Waals surface area contributed by atoms with Gasteiger partial charge in [-0.3, -0.25) is 0 Å². The summed E-state index contributed by atoms with van der Waals surface area (Å²) in [4.78, 5) is 4.69. The molecule has 1 fully saturated rings. The van der Waals surface area contributed by atoms with Crippen molar-refractivity contribution in [1.82, 2.24) is 10.3 Å². The molecular weight excluding hydrogens is 252 g/mol. The lowest BCUT2D eigenvalue weighted by Gasteiger charge is -2.15. The maximum atomic E-state index is 6.02. The molecule has 1 N–H and O–H groups in total. The summed E-state index contributed by atoms with van der Waals surface area (Å²) in [7, 11) is 0. The molecule has 0 saturated carbocycles. The van der Waals surface area contributed by atoms with E-state index in [1.54, 1.807) is 0 Å². The van der Waals surface area contributed by atoms with Gasteiger partial charge in [0.05, 0.1) is 19.1 Å². The number of nitrogens with one attached hydrogen (secondary N) is 1. The number of rotatable bonds is 4. The summed E-state index contributed by atoms with van der Waals surface area (Å²) in [5.41, 5.74) is 4.24. The molecule has 1 aliphatic heterocycles. The molecule has 1 aliphatic rings. The fraction of sp³-hybridized carbons (Fsp3) is 0.562. The van der Waals surface area contributed by atoms with E-state index in [2.05, 4.69) is 43.2 Å². The third-order valence-electron chi connectivity index (χ3n) is 3.89. The highest BCUT2D eigenvalue weighted by Crippen LogP contribution is 2.30. The van der Waals surface area contributed by atoms with Crippen LogP contribution < -0.4 is 5.32 Å². The van der Waals surface area contributed by atoms with Crippen LogP contribution in [-0.2, 0) is 4.74 Å². The third-order valence-corrected chi connectivity index (χ3v) is 3.89. The van der Waals surface area contributed by atoms with Crippen LogP contribution >= 0.6 is 0 Å². The Morgan fingerprint density at radius 2 is 2.15 bits per heavy atom. The Kier molecular flexibility index (Phi) is 3.76. The number of hydrogen-bond acceptors (Lipinski definition) is 4. The van der Waals surface area contributed by atoms with E-state index in [-0.39, 0.29) is 5.92 Å². The van der Waals surface area contributed by atoms with Crippen molar-refractivity contribution in [2.24, 2.45) is 0 Å². The number of hydrogen-bond donors (Lipinski definition) is 1. The van der Waals surface area contributed by atoms with Gasteiger partial charge in [-0.1, -0.05) is 13.0 Å². The quantitative estimate of drug-likeness (QED) is 0.931. The van der Waals surface area contributed by atoms with E-state index in [4.69, 9.17) is 9.15 Å². The Hall–Kier alpha value is -1.39. The first-order chi connectivity index (χ1) is 9.69. The van der Waals surface area contributed by atoms with E-state index in [0.29, 0.717) is 12.6 Å². The van der Waals surface area contributed by atoms with Crippen LogP contribution in [0.3, 0.4) is 0 Å². The van der Waals surface area contributed by atoms with Crippen LogP contribution in [0.25, 0.3) is 11.1 Å². The zero-order valence-electron chi connectivity index (χ0n) is 12.4. The summed E-state index contributed by atoms with van der Waals surface area (Å²) in [6.07, 6.45) is 1.12. The normalized spacial score (nSPS) is 22.8. The Morgan fingerprint density at radius 3 is 2.95 bits per heavy atom. The maximum Gasteiger partial charge on any atom is 0.202 e. The summed E-state index contributed by atoms with van der Waals surface area (Å²) in [6, 6.07) is 4.53. The first kappa shape index (κ1) is 13.6. The van der Waals surface area contributed by atoms with E-state index in [1.807, 2.05) is 0 Å². The van der Waals surface area contributed by atoms with Gasteiger partial charge in [-0.05, 0) is 44.0 Å². The van der Waals surface area contributed by atoms with Crippen molar-refractivity contribution in [3.05, 3.63) is 29.2 Å². The molecule has 3 rings (SSSR count). The zero-order valence-corrected chi connectivity index (χ0v) is 12.4. The smallest absolute Gasteiger partial charge is 0.202 e. The highest BCUT2D eigenvalue weighted by atomic mass is 16.5. The summed E-state index contributed by atoms with van der Waals surface area (Å²) in [6.45, 7) is 8.76. The van der Waals surface area contributed by atoms with E-state index in [1.165, 1.54) is 5.56 Å². The van der Waals surface area contributed by atoms with Crippen LogP contribution in [-0.4, -0.2) is 30.8 Å². The van der Waals surface area contributed by atoms with Crippen molar-refractivity contribution < 1.29 is 9.15 Å². The lowest BCUT2D eigenvalue weighted by Crippen LogP contribution is -2.34. The Morgan fingerprint density at radius 1 is 1.30 bits per heavy atom. The second-order valence-electron chi connectivity index (χ2n) is 5.69. The first-order valence-corrected chi connectivity index (χ1v) is 7.38. The number of benzene rings is 1. The van der Waals surface area contributed by atoms with Gasteiger partial charge >= 0.3 is 0 Å². The van der Waals surface area contributed by atoms with E-state index >= 15 is 0 Å². The maximum absolute atomic E-state index is 6.02. The van der Waals surface area contributed by atoms with Crippen LogP contribution in [0.5, 0.6) is 0 Å². The molecule has 4 nitrogen and oxygen atoms in total. The molecule has 2 unspecified atom stereocenters. The average Bonchev–Trinajstić information content (AvgIpc) is 3.01. The Labute approximate surface area is 119 Å². The summed E-state index contributed by atoms with van der Waals surface area (Å²) >= 11 is 0. The van der Waals surface area contributed by atoms with E-state index in [0.717, 1.165) is 42.1 Å². The van der Waals surface area contributed by atoms with Gasteiger partial charge in [0.25, 0.3) is 0 Å². The van der Waals surface area contributed by atoms with E-state index in [9.17, 15) is 0 Å². The topological polar surface area (TPSA) is 47.3 Å². The van der Waals surface area contributed by atoms with Crippen LogP contribution in [0.2, 0.25) is 0 Å². The number of ether oxygens (including phenoxy) is 1. The van der Waals surface area contributed by atoms with Crippen molar-refractivity contribution in [1.29, 1.82) is 0 Å².